The zero-order chi connectivity index (χ0) is 14.5. The molecule has 21 heavy (non-hydrogen) atoms. The van der Waals surface area contributed by atoms with E-state index in [0.29, 0.717) is 0 Å². The van der Waals surface area contributed by atoms with Crippen LogP contribution in [0.4, 0.5) is 0 Å². The highest BCUT2D eigenvalue weighted by atomic mass is 32.1. The van der Waals surface area contributed by atoms with Crippen LogP contribution < -0.4 is 5.32 Å². The van der Waals surface area contributed by atoms with Gasteiger partial charge < -0.3 is 5.32 Å². The van der Waals surface area contributed by atoms with E-state index in [4.69, 9.17) is 0 Å². The molecule has 1 amide bonds. The lowest BCUT2D eigenvalue weighted by Gasteiger charge is -2.28. The first-order chi connectivity index (χ1) is 10.3. The van der Waals surface area contributed by atoms with Crippen LogP contribution in [0.25, 0.3) is 6.08 Å². The van der Waals surface area contributed by atoms with Gasteiger partial charge in [-0.1, -0.05) is 25.0 Å². The van der Waals surface area contributed by atoms with Gasteiger partial charge >= 0.3 is 0 Å². The number of hydrogen-bond acceptors (Lipinski definition) is 3. The molecule has 1 aliphatic rings. The maximum absolute atomic E-state index is 12.0. The molecule has 0 bridgehead atoms. The Morgan fingerprint density at radius 2 is 1.95 bits per heavy atom. The standard InChI is InChI=1S/C17H19NOS2/c19-16(8-7-14-5-3-11-20-14)18-13-17(9-1-2-10-17)15-6-4-12-21-15/h3-8,11-12H,1-2,9-10,13H2,(H,18,19). The van der Waals surface area contributed by atoms with Gasteiger partial charge in [-0.15, -0.1) is 22.7 Å². The molecule has 1 N–H and O–H groups in total. The molecule has 0 spiro atoms. The lowest BCUT2D eigenvalue weighted by Crippen LogP contribution is -2.37. The summed E-state index contributed by atoms with van der Waals surface area (Å²) < 4.78 is 0. The topological polar surface area (TPSA) is 29.1 Å². The molecular formula is C17H19NOS2. The molecular weight excluding hydrogens is 298 g/mol. The van der Waals surface area contributed by atoms with Gasteiger partial charge in [-0.3, -0.25) is 4.79 Å². The van der Waals surface area contributed by atoms with Gasteiger partial charge in [0.2, 0.25) is 5.91 Å². The maximum Gasteiger partial charge on any atom is 0.244 e. The lowest BCUT2D eigenvalue weighted by atomic mass is 9.84. The normalized spacial score (nSPS) is 17.3. The van der Waals surface area contributed by atoms with Crippen molar-refractivity contribution in [2.45, 2.75) is 31.1 Å². The molecule has 2 heterocycles. The summed E-state index contributed by atoms with van der Waals surface area (Å²) in [5.74, 6) is 0.00577. The second-order valence-electron chi connectivity index (χ2n) is 5.53. The van der Waals surface area contributed by atoms with Crippen molar-refractivity contribution in [3.05, 3.63) is 50.9 Å². The minimum absolute atomic E-state index is 0.00577. The molecule has 2 aromatic heterocycles. The predicted octanol–water partition coefficient (Wildman–Crippen LogP) is 4.45. The molecule has 0 saturated heterocycles. The fourth-order valence-electron chi connectivity index (χ4n) is 3.00. The van der Waals surface area contributed by atoms with Crippen LogP contribution in [-0.2, 0) is 10.2 Å². The minimum Gasteiger partial charge on any atom is -0.352 e. The molecule has 0 aliphatic heterocycles. The summed E-state index contributed by atoms with van der Waals surface area (Å²) in [6.45, 7) is 0.751. The monoisotopic (exact) mass is 317 g/mol. The molecule has 1 saturated carbocycles. The summed E-state index contributed by atoms with van der Waals surface area (Å²) in [6, 6.07) is 8.33. The molecule has 0 aromatic carbocycles. The highest BCUT2D eigenvalue weighted by molar-refractivity contribution is 7.10. The van der Waals surface area contributed by atoms with E-state index in [2.05, 4.69) is 22.8 Å². The predicted molar refractivity (Wildman–Crippen MR) is 90.8 cm³/mol. The Balaban J connectivity index is 1.61. The number of thiophene rings is 2. The summed E-state index contributed by atoms with van der Waals surface area (Å²) in [4.78, 5) is 14.5. The second kappa shape index (κ2) is 6.58. The Morgan fingerprint density at radius 1 is 1.19 bits per heavy atom. The van der Waals surface area contributed by atoms with Gasteiger partial charge in [0.05, 0.1) is 0 Å². The quantitative estimate of drug-likeness (QED) is 0.811. The molecule has 1 fully saturated rings. The first-order valence-corrected chi connectivity index (χ1v) is 9.08. The average Bonchev–Trinajstić information content (AvgIpc) is 3.25. The van der Waals surface area contributed by atoms with Crippen molar-refractivity contribution < 1.29 is 4.79 Å². The second-order valence-corrected chi connectivity index (χ2v) is 7.46. The lowest BCUT2D eigenvalue weighted by molar-refractivity contribution is -0.116. The van der Waals surface area contributed by atoms with Crippen molar-refractivity contribution in [1.82, 2.24) is 5.32 Å². The molecule has 0 radical (unpaired) electrons. The molecule has 2 nitrogen and oxygen atoms in total. The molecule has 3 rings (SSSR count). The average molecular weight is 317 g/mol. The van der Waals surface area contributed by atoms with Crippen LogP contribution in [0.2, 0.25) is 0 Å². The van der Waals surface area contributed by atoms with Crippen LogP contribution >= 0.6 is 22.7 Å². The van der Waals surface area contributed by atoms with E-state index in [1.54, 1.807) is 17.4 Å². The van der Waals surface area contributed by atoms with E-state index in [1.807, 2.05) is 34.9 Å². The van der Waals surface area contributed by atoms with E-state index in [0.717, 1.165) is 11.4 Å². The summed E-state index contributed by atoms with van der Waals surface area (Å²) in [7, 11) is 0. The molecule has 1 aliphatic carbocycles. The zero-order valence-electron chi connectivity index (χ0n) is 11.9. The molecule has 4 heteroatoms. The smallest absolute Gasteiger partial charge is 0.244 e. The van der Waals surface area contributed by atoms with Crippen LogP contribution in [0.15, 0.2) is 41.1 Å². The minimum atomic E-state index is 0.00577. The number of rotatable bonds is 5. The third kappa shape index (κ3) is 3.44. The maximum atomic E-state index is 12.0. The van der Waals surface area contributed by atoms with E-state index in [-0.39, 0.29) is 11.3 Å². The summed E-state index contributed by atoms with van der Waals surface area (Å²) >= 11 is 3.45. The zero-order valence-corrected chi connectivity index (χ0v) is 13.5. The Morgan fingerprint density at radius 3 is 2.62 bits per heavy atom. The first kappa shape index (κ1) is 14.5. The van der Waals surface area contributed by atoms with Gasteiger partial charge in [0.25, 0.3) is 0 Å². The van der Waals surface area contributed by atoms with Crippen LogP contribution in [0, 0.1) is 0 Å². The molecule has 0 atom stereocenters. The molecule has 110 valence electrons. The van der Waals surface area contributed by atoms with Gasteiger partial charge in [0, 0.05) is 27.8 Å². The Hall–Kier alpha value is -1.39. The van der Waals surface area contributed by atoms with Crippen molar-refractivity contribution in [2.24, 2.45) is 0 Å². The SMILES string of the molecule is O=C(C=Cc1cccs1)NCC1(c2cccs2)CCCC1. The Bertz CT molecular complexity index is 593. The van der Waals surface area contributed by atoms with Crippen LogP contribution in [0.1, 0.15) is 35.4 Å². The summed E-state index contributed by atoms with van der Waals surface area (Å²) in [5.41, 5.74) is 0.167. The van der Waals surface area contributed by atoms with Crippen molar-refractivity contribution in [2.75, 3.05) is 6.54 Å². The van der Waals surface area contributed by atoms with Gasteiger partial charge in [-0.2, -0.15) is 0 Å². The van der Waals surface area contributed by atoms with Gasteiger partial charge in [-0.05, 0) is 41.8 Å². The van der Waals surface area contributed by atoms with Crippen molar-refractivity contribution in [1.29, 1.82) is 0 Å². The van der Waals surface area contributed by atoms with Crippen LogP contribution in [0.5, 0.6) is 0 Å². The van der Waals surface area contributed by atoms with Gasteiger partial charge in [0.15, 0.2) is 0 Å². The van der Waals surface area contributed by atoms with Crippen molar-refractivity contribution >= 4 is 34.7 Å². The number of carbonyl (C=O) groups is 1. The van der Waals surface area contributed by atoms with E-state index in [9.17, 15) is 4.79 Å². The van der Waals surface area contributed by atoms with Gasteiger partial charge in [0.1, 0.15) is 0 Å². The third-order valence-electron chi connectivity index (χ3n) is 4.15. The van der Waals surface area contributed by atoms with E-state index in [1.165, 1.54) is 30.6 Å². The Labute approximate surface area is 133 Å². The first-order valence-electron chi connectivity index (χ1n) is 7.32. The number of amides is 1. The summed E-state index contributed by atoms with van der Waals surface area (Å²) in [6.07, 6.45) is 8.41. The molecule has 2 aromatic rings. The van der Waals surface area contributed by atoms with Crippen LogP contribution in [0.3, 0.4) is 0 Å². The number of hydrogen-bond donors (Lipinski definition) is 1. The highest BCUT2D eigenvalue weighted by Gasteiger charge is 2.36. The van der Waals surface area contributed by atoms with Crippen molar-refractivity contribution in [3.8, 4) is 0 Å². The Kier molecular flexibility index (Phi) is 4.56. The largest absolute Gasteiger partial charge is 0.352 e. The number of nitrogens with one attached hydrogen (secondary N) is 1. The van der Waals surface area contributed by atoms with Gasteiger partial charge in [-0.25, -0.2) is 0 Å². The molecule has 0 unspecified atom stereocenters. The van der Waals surface area contributed by atoms with Crippen molar-refractivity contribution in [3.63, 3.8) is 0 Å². The third-order valence-corrected chi connectivity index (χ3v) is 6.10. The fraction of sp³-hybridized carbons (Fsp3) is 0.353. The fourth-order valence-corrected chi connectivity index (χ4v) is 4.61. The summed E-state index contributed by atoms with van der Waals surface area (Å²) in [5, 5.41) is 7.25. The number of carbonyl (C=O) groups excluding carboxylic acids is 1. The van der Waals surface area contributed by atoms with E-state index < -0.39 is 0 Å². The highest BCUT2D eigenvalue weighted by Crippen LogP contribution is 2.42. The van der Waals surface area contributed by atoms with Crippen LogP contribution in [-0.4, -0.2) is 12.5 Å². The van der Waals surface area contributed by atoms with E-state index >= 15 is 0 Å².